The third-order valence-electron chi connectivity index (χ3n) is 3.75. The third kappa shape index (κ3) is 5.13. The minimum absolute atomic E-state index is 0.400. The first kappa shape index (κ1) is 18.5. The van der Waals surface area contributed by atoms with E-state index in [1.807, 2.05) is 48.5 Å². The maximum Gasteiger partial charge on any atom is 0.161 e. The summed E-state index contributed by atoms with van der Waals surface area (Å²) < 4.78 is 12.4. The minimum atomic E-state index is 0.400. The Kier molecular flexibility index (Phi) is 6.36. The molecule has 0 bridgehead atoms. The molecule has 2 aromatic carbocycles. The number of anilines is 1. The number of hydrogen-bond donors (Lipinski definition) is 1. The van der Waals surface area contributed by atoms with Crippen molar-refractivity contribution in [1.29, 1.82) is 0 Å². The van der Waals surface area contributed by atoms with E-state index in [2.05, 4.69) is 26.2 Å². The van der Waals surface area contributed by atoms with Gasteiger partial charge in [-0.3, -0.25) is 0 Å². The van der Waals surface area contributed by atoms with E-state index in [-0.39, 0.29) is 0 Å². The first-order valence-corrected chi connectivity index (χ1v) is 9.21. The van der Waals surface area contributed by atoms with Crippen molar-refractivity contribution in [2.24, 2.45) is 0 Å². The Morgan fingerprint density at radius 1 is 1.00 bits per heavy atom. The molecule has 4 nitrogen and oxygen atoms in total. The van der Waals surface area contributed by atoms with Crippen molar-refractivity contribution in [3.63, 3.8) is 0 Å². The summed E-state index contributed by atoms with van der Waals surface area (Å²) >= 11 is 9.23. The summed E-state index contributed by atoms with van der Waals surface area (Å²) in [5.41, 5.74) is 3.10. The highest BCUT2D eigenvalue weighted by molar-refractivity contribution is 9.10. The summed E-state index contributed by atoms with van der Waals surface area (Å²) in [4.78, 5) is 4.05. The largest absolute Gasteiger partial charge is 0.493 e. The van der Waals surface area contributed by atoms with Gasteiger partial charge in [-0.1, -0.05) is 39.7 Å². The van der Waals surface area contributed by atoms with Crippen LogP contribution in [-0.2, 0) is 13.2 Å². The van der Waals surface area contributed by atoms with Gasteiger partial charge >= 0.3 is 0 Å². The van der Waals surface area contributed by atoms with Crippen LogP contribution in [-0.4, -0.2) is 12.1 Å². The summed E-state index contributed by atoms with van der Waals surface area (Å²) in [5, 5.41) is 3.85. The zero-order valence-electron chi connectivity index (χ0n) is 14.2. The topological polar surface area (TPSA) is 43.4 Å². The van der Waals surface area contributed by atoms with Gasteiger partial charge in [-0.05, 0) is 48.0 Å². The first-order valence-electron chi connectivity index (χ1n) is 8.03. The van der Waals surface area contributed by atoms with Crippen molar-refractivity contribution in [2.45, 2.75) is 13.2 Å². The van der Waals surface area contributed by atoms with Gasteiger partial charge in [0, 0.05) is 28.5 Å². The fourth-order valence-electron chi connectivity index (χ4n) is 2.37. The maximum atomic E-state index is 5.85. The fraction of sp³-hybridized carbons (Fsp3) is 0.150. The molecule has 0 amide bonds. The molecule has 1 heterocycles. The van der Waals surface area contributed by atoms with E-state index in [0.29, 0.717) is 29.8 Å². The first-order chi connectivity index (χ1) is 12.6. The molecular formula is C20H18BrClN2O2. The predicted molar refractivity (Wildman–Crippen MR) is 108 cm³/mol. The van der Waals surface area contributed by atoms with Crippen LogP contribution in [0.1, 0.15) is 11.1 Å². The van der Waals surface area contributed by atoms with Gasteiger partial charge in [-0.2, -0.15) is 0 Å². The highest BCUT2D eigenvalue weighted by Crippen LogP contribution is 2.29. The standard InChI is InChI=1S/C20H18BrClN2O2/c1-25-19-10-14(11-23-17-6-4-16(21)5-7-17)2-8-18(19)26-13-15-3-9-20(22)24-12-15/h2-10,12,23H,11,13H2,1H3. The van der Waals surface area contributed by atoms with Crippen molar-refractivity contribution in [1.82, 2.24) is 4.98 Å². The second-order valence-corrected chi connectivity index (χ2v) is 6.93. The van der Waals surface area contributed by atoms with E-state index in [0.717, 1.165) is 21.3 Å². The van der Waals surface area contributed by atoms with Gasteiger partial charge < -0.3 is 14.8 Å². The van der Waals surface area contributed by atoms with Gasteiger partial charge in [0.05, 0.1) is 7.11 Å². The van der Waals surface area contributed by atoms with Gasteiger partial charge in [0.25, 0.3) is 0 Å². The smallest absolute Gasteiger partial charge is 0.161 e. The molecule has 0 saturated carbocycles. The number of methoxy groups -OCH3 is 1. The van der Waals surface area contributed by atoms with Crippen LogP contribution in [0.15, 0.2) is 65.3 Å². The number of pyridine rings is 1. The number of nitrogens with zero attached hydrogens (tertiary/aromatic N) is 1. The Hall–Kier alpha value is -2.24. The molecule has 0 aliphatic rings. The van der Waals surface area contributed by atoms with Crippen LogP contribution in [0.5, 0.6) is 11.5 Å². The molecule has 134 valence electrons. The third-order valence-corrected chi connectivity index (χ3v) is 4.50. The Morgan fingerprint density at radius 3 is 2.46 bits per heavy atom. The number of benzene rings is 2. The Balaban J connectivity index is 1.63. The van der Waals surface area contributed by atoms with E-state index in [9.17, 15) is 0 Å². The molecule has 26 heavy (non-hydrogen) atoms. The van der Waals surface area contributed by atoms with Crippen LogP contribution in [0, 0.1) is 0 Å². The molecule has 0 aliphatic heterocycles. The second kappa shape index (κ2) is 8.92. The molecule has 1 aromatic heterocycles. The number of rotatable bonds is 7. The second-order valence-electron chi connectivity index (χ2n) is 5.62. The highest BCUT2D eigenvalue weighted by atomic mass is 79.9. The van der Waals surface area contributed by atoms with Crippen molar-refractivity contribution >= 4 is 33.2 Å². The molecule has 0 unspecified atom stereocenters. The van der Waals surface area contributed by atoms with Crippen molar-refractivity contribution in [2.75, 3.05) is 12.4 Å². The lowest BCUT2D eigenvalue weighted by atomic mass is 10.2. The monoisotopic (exact) mass is 432 g/mol. The van der Waals surface area contributed by atoms with E-state index in [1.165, 1.54) is 0 Å². The van der Waals surface area contributed by atoms with Gasteiger partial charge in [-0.15, -0.1) is 0 Å². The van der Waals surface area contributed by atoms with Gasteiger partial charge in [-0.25, -0.2) is 4.98 Å². The van der Waals surface area contributed by atoms with Gasteiger partial charge in [0.15, 0.2) is 11.5 Å². The molecule has 6 heteroatoms. The molecular weight excluding hydrogens is 416 g/mol. The maximum absolute atomic E-state index is 5.85. The lowest BCUT2D eigenvalue weighted by molar-refractivity contribution is 0.284. The lowest BCUT2D eigenvalue weighted by Crippen LogP contribution is -2.02. The summed E-state index contributed by atoms with van der Waals surface area (Å²) in [6.45, 7) is 1.09. The van der Waals surface area contributed by atoms with E-state index >= 15 is 0 Å². The highest BCUT2D eigenvalue weighted by Gasteiger charge is 2.07. The van der Waals surface area contributed by atoms with Crippen molar-refractivity contribution in [3.05, 3.63) is 81.5 Å². The average molecular weight is 434 g/mol. The number of hydrogen-bond acceptors (Lipinski definition) is 4. The molecule has 0 fully saturated rings. The van der Waals surface area contributed by atoms with Crippen molar-refractivity contribution in [3.8, 4) is 11.5 Å². The summed E-state index contributed by atoms with van der Waals surface area (Å²) in [7, 11) is 1.64. The number of ether oxygens (including phenoxy) is 2. The van der Waals surface area contributed by atoms with Crippen LogP contribution in [0.25, 0.3) is 0 Å². The molecule has 0 atom stereocenters. The van der Waals surface area contributed by atoms with Crippen LogP contribution in [0.4, 0.5) is 5.69 Å². The van der Waals surface area contributed by atoms with E-state index in [1.54, 1.807) is 19.4 Å². The predicted octanol–water partition coefficient (Wildman–Crippen LogP) is 5.70. The van der Waals surface area contributed by atoms with Crippen LogP contribution >= 0.6 is 27.5 Å². The molecule has 3 rings (SSSR count). The van der Waals surface area contributed by atoms with Crippen LogP contribution in [0.2, 0.25) is 5.15 Å². The zero-order chi connectivity index (χ0) is 18.4. The SMILES string of the molecule is COc1cc(CNc2ccc(Br)cc2)ccc1OCc1ccc(Cl)nc1. The Bertz CT molecular complexity index is 855. The van der Waals surface area contributed by atoms with Gasteiger partial charge in [0.2, 0.25) is 0 Å². The summed E-state index contributed by atoms with van der Waals surface area (Å²) in [6, 6.07) is 17.6. The fourth-order valence-corrected chi connectivity index (χ4v) is 2.74. The van der Waals surface area contributed by atoms with Crippen LogP contribution in [0.3, 0.4) is 0 Å². The van der Waals surface area contributed by atoms with E-state index in [4.69, 9.17) is 21.1 Å². The Morgan fingerprint density at radius 2 is 1.77 bits per heavy atom. The number of nitrogens with one attached hydrogen (secondary N) is 1. The van der Waals surface area contributed by atoms with Crippen molar-refractivity contribution < 1.29 is 9.47 Å². The molecule has 0 saturated heterocycles. The summed E-state index contributed by atoms with van der Waals surface area (Å²) in [6.07, 6.45) is 1.70. The Labute approximate surface area is 166 Å². The normalized spacial score (nSPS) is 10.4. The number of halogens is 2. The average Bonchev–Trinajstić information content (AvgIpc) is 2.67. The molecule has 0 spiro atoms. The molecule has 1 N–H and O–H groups in total. The number of aromatic nitrogens is 1. The minimum Gasteiger partial charge on any atom is -0.493 e. The summed E-state index contributed by atoms with van der Waals surface area (Å²) in [5.74, 6) is 1.39. The van der Waals surface area contributed by atoms with Crippen LogP contribution < -0.4 is 14.8 Å². The molecule has 0 aliphatic carbocycles. The van der Waals surface area contributed by atoms with Gasteiger partial charge in [0.1, 0.15) is 11.8 Å². The quantitative estimate of drug-likeness (QED) is 0.486. The lowest BCUT2D eigenvalue weighted by Gasteiger charge is -2.13. The zero-order valence-corrected chi connectivity index (χ0v) is 16.5. The van der Waals surface area contributed by atoms with E-state index < -0.39 is 0 Å². The molecule has 3 aromatic rings. The molecule has 0 radical (unpaired) electrons.